The highest BCUT2D eigenvalue weighted by molar-refractivity contribution is 7.71. The van der Waals surface area contributed by atoms with Crippen LogP contribution in [0.5, 0.6) is 0 Å². The Balaban J connectivity index is 2.21. The van der Waals surface area contributed by atoms with Crippen LogP contribution in [0.2, 0.25) is 0 Å². The summed E-state index contributed by atoms with van der Waals surface area (Å²) in [4.78, 5) is 7.92. The van der Waals surface area contributed by atoms with Gasteiger partial charge in [-0.25, -0.2) is 4.98 Å². The van der Waals surface area contributed by atoms with Crippen LogP contribution in [-0.2, 0) is 11.2 Å². The lowest BCUT2D eigenvalue weighted by Gasteiger charge is -2.21. The summed E-state index contributed by atoms with van der Waals surface area (Å²) in [5.41, 5.74) is 1.21. The van der Waals surface area contributed by atoms with E-state index in [-0.39, 0.29) is 0 Å². The van der Waals surface area contributed by atoms with Crippen molar-refractivity contribution in [3.8, 4) is 0 Å². The zero-order valence-corrected chi connectivity index (χ0v) is 11.3. The van der Waals surface area contributed by atoms with Gasteiger partial charge in [0.05, 0.1) is 0 Å². The molecule has 0 atom stereocenters. The first-order valence-corrected chi connectivity index (χ1v) is 6.74. The molecule has 2 heterocycles. The smallest absolute Gasteiger partial charge is 0.129 e. The summed E-state index contributed by atoms with van der Waals surface area (Å²) in [5, 5.41) is 0. The van der Waals surface area contributed by atoms with E-state index in [1.54, 1.807) is 0 Å². The standard InChI is InChI=1S/C13H20N2OS/c1-9(2)7-11-8-12(17)15-13(14-11)10-3-5-16-6-4-10/h8-10H,3-7H2,1-2H3,(H,14,15,17). The van der Waals surface area contributed by atoms with Crippen molar-refractivity contribution in [2.45, 2.75) is 39.0 Å². The lowest BCUT2D eigenvalue weighted by atomic mass is 9.99. The van der Waals surface area contributed by atoms with Gasteiger partial charge in [0.15, 0.2) is 0 Å². The van der Waals surface area contributed by atoms with Crippen molar-refractivity contribution in [3.63, 3.8) is 0 Å². The summed E-state index contributed by atoms with van der Waals surface area (Å²) in [5.74, 6) is 2.17. The molecule has 94 valence electrons. The summed E-state index contributed by atoms with van der Waals surface area (Å²) < 4.78 is 6.09. The number of ether oxygens (including phenoxy) is 1. The molecule has 0 unspecified atom stereocenters. The van der Waals surface area contributed by atoms with Gasteiger partial charge in [0, 0.05) is 24.8 Å². The fourth-order valence-corrected chi connectivity index (χ4v) is 2.48. The Morgan fingerprint density at radius 3 is 2.82 bits per heavy atom. The van der Waals surface area contributed by atoms with Crippen molar-refractivity contribution in [1.82, 2.24) is 9.97 Å². The quantitative estimate of drug-likeness (QED) is 0.839. The van der Waals surface area contributed by atoms with Gasteiger partial charge in [-0.1, -0.05) is 26.1 Å². The van der Waals surface area contributed by atoms with Crippen molar-refractivity contribution >= 4 is 12.2 Å². The molecule has 1 saturated heterocycles. The van der Waals surface area contributed by atoms with Crippen LogP contribution in [0.3, 0.4) is 0 Å². The second kappa shape index (κ2) is 5.74. The van der Waals surface area contributed by atoms with Crippen molar-refractivity contribution < 1.29 is 4.74 Å². The molecule has 0 amide bonds. The number of rotatable bonds is 3. The molecular formula is C13H20N2OS. The molecule has 0 aromatic carbocycles. The van der Waals surface area contributed by atoms with Crippen molar-refractivity contribution in [3.05, 3.63) is 22.2 Å². The maximum atomic E-state index is 5.38. The van der Waals surface area contributed by atoms with Crippen LogP contribution in [0, 0.1) is 10.6 Å². The molecule has 1 aliphatic rings. The van der Waals surface area contributed by atoms with Crippen LogP contribution in [0.1, 0.15) is 44.1 Å². The van der Waals surface area contributed by atoms with Crippen molar-refractivity contribution in [1.29, 1.82) is 0 Å². The van der Waals surface area contributed by atoms with Gasteiger partial charge >= 0.3 is 0 Å². The molecule has 3 nitrogen and oxygen atoms in total. The Morgan fingerprint density at radius 1 is 1.47 bits per heavy atom. The highest BCUT2D eigenvalue weighted by Gasteiger charge is 2.18. The van der Waals surface area contributed by atoms with E-state index in [9.17, 15) is 0 Å². The molecule has 1 N–H and O–H groups in total. The molecular weight excluding hydrogens is 232 g/mol. The van der Waals surface area contributed by atoms with Gasteiger partial charge < -0.3 is 9.72 Å². The molecule has 0 aliphatic carbocycles. The number of hydrogen-bond donors (Lipinski definition) is 1. The van der Waals surface area contributed by atoms with Crippen LogP contribution < -0.4 is 0 Å². The summed E-state index contributed by atoms with van der Waals surface area (Å²) in [6.45, 7) is 6.10. The molecule has 1 aromatic heterocycles. The first kappa shape index (κ1) is 12.7. The number of nitrogens with one attached hydrogen (secondary N) is 1. The zero-order valence-electron chi connectivity index (χ0n) is 10.5. The molecule has 1 aliphatic heterocycles. The largest absolute Gasteiger partial charge is 0.381 e. The minimum Gasteiger partial charge on any atom is -0.381 e. The Labute approximate surface area is 108 Å². The van der Waals surface area contributed by atoms with Crippen LogP contribution >= 0.6 is 12.2 Å². The van der Waals surface area contributed by atoms with E-state index in [2.05, 4.69) is 23.8 Å². The van der Waals surface area contributed by atoms with Crippen LogP contribution in [0.15, 0.2) is 6.07 Å². The van der Waals surface area contributed by atoms with Crippen molar-refractivity contribution in [2.75, 3.05) is 13.2 Å². The minimum atomic E-state index is 0.484. The third-order valence-corrected chi connectivity index (χ3v) is 3.26. The van der Waals surface area contributed by atoms with Gasteiger partial charge in [-0.05, 0) is 31.2 Å². The fraction of sp³-hybridized carbons (Fsp3) is 0.692. The molecule has 17 heavy (non-hydrogen) atoms. The highest BCUT2D eigenvalue weighted by atomic mass is 32.1. The average molecular weight is 252 g/mol. The van der Waals surface area contributed by atoms with E-state index in [4.69, 9.17) is 17.0 Å². The topological polar surface area (TPSA) is 37.9 Å². The van der Waals surface area contributed by atoms with E-state index in [0.29, 0.717) is 16.5 Å². The molecule has 0 spiro atoms. The second-order valence-electron chi connectivity index (χ2n) is 5.11. The zero-order chi connectivity index (χ0) is 12.3. The van der Waals surface area contributed by atoms with Gasteiger partial charge in [-0.3, -0.25) is 0 Å². The van der Waals surface area contributed by atoms with Crippen LogP contribution in [-0.4, -0.2) is 23.2 Å². The molecule has 1 aromatic rings. The Morgan fingerprint density at radius 2 is 2.18 bits per heavy atom. The Hall–Kier alpha value is -0.740. The van der Waals surface area contributed by atoms with E-state index in [1.807, 2.05) is 6.07 Å². The third kappa shape index (κ3) is 3.61. The molecule has 1 fully saturated rings. The highest BCUT2D eigenvalue weighted by Crippen LogP contribution is 2.24. The Bertz CT molecular complexity index is 422. The maximum Gasteiger partial charge on any atom is 0.129 e. The van der Waals surface area contributed by atoms with E-state index < -0.39 is 0 Å². The van der Waals surface area contributed by atoms with E-state index in [0.717, 1.165) is 38.3 Å². The Kier molecular flexibility index (Phi) is 4.29. The number of H-pyrrole nitrogens is 1. The summed E-state index contributed by atoms with van der Waals surface area (Å²) >= 11 is 5.25. The first-order valence-electron chi connectivity index (χ1n) is 6.33. The van der Waals surface area contributed by atoms with Gasteiger partial charge in [0.25, 0.3) is 0 Å². The lowest BCUT2D eigenvalue weighted by molar-refractivity contribution is 0.0835. The average Bonchev–Trinajstić information content (AvgIpc) is 2.28. The summed E-state index contributed by atoms with van der Waals surface area (Å²) in [7, 11) is 0. The molecule has 2 rings (SSSR count). The predicted molar refractivity (Wildman–Crippen MR) is 70.8 cm³/mol. The third-order valence-electron chi connectivity index (χ3n) is 3.05. The molecule has 0 saturated carbocycles. The number of hydrogen-bond acceptors (Lipinski definition) is 3. The van der Waals surface area contributed by atoms with Gasteiger partial charge in [0.2, 0.25) is 0 Å². The molecule has 0 bridgehead atoms. The SMILES string of the molecule is CC(C)Cc1cc(=S)nc(C2CCOCC2)[nH]1. The summed E-state index contributed by atoms with van der Waals surface area (Å²) in [6, 6.07) is 1.98. The molecule has 4 heteroatoms. The van der Waals surface area contributed by atoms with Gasteiger partial charge in [-0.15, -0.1) is 0 Å². The van der Waals surface area contributed by atoms with Crippen LogP contribution in [0.4, 0.5) is 0 Å². The molecule has 0 radical (unpaired) electrons. The number of nitrogens with zero attached hydrogens (tertiary/aromatic N) is 1. The maximum absolute atomic E-state index is 5.38. The number of aromatic nitrogens is 2. The normalized spacial score (nSPS) is 17.6. The second-order valence-corrected chi connectivity index (χ2v) is 5.53. The van der Waals surface area contributed by atoms with Crippen molar-refractivity contribution in [2.24, 2.45) is 5.92 Å². The van der Waals surface area contributed by atoms with Gasteiger partial charge in [0.1, 0.15) is 10.5 Å². The van der Waals surface area contributed by atoms with Gasteiger partial charge in [-0.2, -0.15) is 0 Å². The van der Waals surface area contributed by atoms with E-state index >= 15 is 0 Å². The fourth-order valence-electron chi connectivity index (χ4n) is 2.24. The van der Waals surface area contributed by atoms with E-state index in [1.165, 1.54) is 5.69 Å². The number of aromatic amines is 1. The van der Waals surface area contributed by atoms with Crippen LogP contribution in [0.25, 0.3) is 0 Å². The predicted octanol–water partition coefficient (Wildman–Crippen LogP) is 3.23. The lowest BCUT2D eigenvalue weighted by Crippen LogP contribution is -2.17. The monoisotopic (exact) mass is 252 g/mol. The first-order chi connectivity index (χ1) is 8.15. The minimum absolute atomic E-state index is 0.484. The summed E-state index contributed by atoms with van der Waals surface area (Å²) in [6.07, 6.45) is 3.12.